The van der Waals surface area contributed by atoms with Gasteiger partial charge in [0.1, 0.15) is 12.6 Å². The van der Waals surface area contributed by atoms with Gasteiger partial charge in [0.25, 0.3) is 0 Å². The van der Waals surface area contributed by atoms with E-state index in [1.807, 2.05) is 65.5 Å². The number of carbonyl (C=O) groups excluding carboxylic acids is 2. The van der Waals surface area contributed by atoms with Crippen LogP contribution in [-0.2, 0) is 42.5 Å². The maximum atomic E-state index is 10.9. The zero-order valence-corrected chi connectivity index (χ0v) is 39.6. The van der Waals surface area contributed by atoms with Gasteiger partial charge < -0.3 is 42.5 Å². The molecule has 0 aliphatic carbocycles. The van der Waals surface area contributed by atoms with E-state index in [1.54, 1.807) is 0 Å². The van der Waals surface area contributed by atoms with Gasteiger partial charge in [-0.3, -0.25) is 0 Å². The van der Waals surface area contributed by atoms with Crippen LogP contribution in [0, 0.1) is 0 Å². The van der Waals surface area contributed by atoms with Crippen LogP contribution < -0.4 is 0 Å². The molecule has 0 aliphatic rings. The van der Waals surface area contributed by atoms with Crippen molar-refractivity contribution in [3.05, 3.63) is 0 Å². The fourth-order valence-electron chi connectivity index (χ4n) is 5.94. The highest BCUT2D eigenvalue weighted by molar-refractivity contribution is 6.93. The summed E-state index contributed by atoms with van der Waals surface area (Å²) < 4.78 is 53.1. The van der Waals surface area contributed by atoms with E-state index in [9.17, 15) is 9.59 Å². The zero-order chi connectivity index (χ0) is 34.4. The summed E-state index contributed by atoms with van der Waals surface area (Å²) >= 11 is 0. The first kappa shape index (κ1) is 44.0. The first-order valence-corrected chi connectivity index (χ1v) is 41.2. The van der Waals surface area contributed by atoms with E-state index in [4.69, 9.17) is 32.9 Å². The van der Waals surface area contributed by atoms with Crippen molar-refractivity contribution < 1.29 is 42.5 Å². The van der Waals surface area contributed by atoms with Crippen molar-refractivity contribution in [1.82, 2.24) is 0 Å². The summed E-state index contributed by atoms with van der Waals surface area (Å²) in [5, 5.41) is 0. The Kier molecular flexibility index (Phi) is 16.3. The van der Waals surface area contributed by atoms with Crippen LogP contribution in [0.2, 0.25) is 130 Å². The van der Waals surface area contributed by atoms with Gasteiger partial charge in [-0.05, 0) is 130 Å². The van der Waals surface area contributed by atoms with Crippen molar-refractivity contribution in [2.75, 3.05) is 0 Å². The molecule has 0 radical (unpaired) electrons. The van der Waals surface area contributed by atoms with Crippen LogP contribution in [0.15, 0.2) is 0 Å². The number of aldehydes is 2. The number of rotatable bonds is 22. The van der Waals surface area contributed by atoms with Gasteiger partial charge >= 0.3 is 59.9 Å². The van der Waals surface area contributed by atoms with Crippen molar-refractivity contribution >= 4 is 89.1 Å². The molecule has 0 fully saturated rings. The smallest absolute Gasteiger partial charge is 0.314 e. The van der Waals surface area contributed by atoms with Crippen molar-refractivity contribution in [1.29, 1.82) is 0 Å². The van der Waals surface area contributed by atoms with Gasteiger partial charge in [-0.1, -0.05) is 0 Å². The fourth-order valence-corrected chi connectivity index (χ4v) is 51.2. The molecule has 0 spiro atoms. The molecule has 0 heterocycles. The average molecular weight is 766 g/mol. The van der Waals surface area contributed by atoms with Crippen molar-refractivity contribution in [3.63, 3.8) is 0 Å². The molecule has 0 aromatic carbocycles. The zero-order valence-electron chi connectivity index (χ0n) is 30.6. The monoisotopic (exact) mass is 764 g/mol. The van der Waals surface area contributed by atoms with E-state index in [0.29, 0.717) is 12.8 Å². The van der Waals surface area contributed by atoms with E-state index < -0.39 is 76.6 Å². The molecule has 0 aromatic heterocycles. The normalized spacial score (nSPS) is 15.1. The highest BCUT2D eigenvalue weighted by Gasteiger charge is 2.49. The molecule has 43 heavy (non-hydrogen) atoms. The molecule has 256 valence electrons. The predicted octanol–water partition coefficient (Wildman–Crippen LogP) is 7.62. The Morgan fingerprint density at radius 3 is 0.651 bits per heavy atom. The second-order valence-corrected chi connectivity index (χ2v) is 49.7. The van der Waals surface area contributed by atoms with E-state index in [-0.39, 0.29) is 0 Å². The molecule has 0 aromatic rings. The molecule has 19 heteroatoms. The Morgan fingerprint density at radius 2 is 0.488 bits per heavy atom. The summed E-state index contributed by atoms with van der Waals surface area (Å²) in [5.74, 6) is 0. The average Bonchev–Trinajstić information content (AvgIpc) is 2.62. The number of hydrogen-bond donors (Lipinski definition) is 0. The number of carbonyl (C=O) groups is 2. The molecule has 0 atom stereocenters. The van der Waals surface area contributed by atoms with Crippen LogP contribution in [0.25, 0.3) is 0 Å². The maximum absolute atomic E-state index is 10.9. The molecule has 10 nitrogen and oxygen atoms in total. The van der Waals surface area contributed by atoms with Gasteiger partial charge in [0.2, 0.25) is 0 Å². The van der Waals surface area contributed by atoms with Crippen LogP contribution in [0.4, 0.5) is 0 Å². The minimum absolute atomic E-state index is 0.513. The summed E-state index contributed by atoms with van der Waals surface area (Å²) in [6.45, 7) is 37.2. The van der Waals surface area contributed by atoms with Gasteiger partial charge in [0.15, 0.2) is 16.6 Å². The van der Waals surface area contributed by atoms with Crippen LogP contribution in [0.5, 0.6) is 0 Å². The maximum Gasteiger partial charge on any atom is 0.314 e. The Morgan fingerprint density at radius 1 is 0.326 bits per heavy atom. The quantitative estimate of drug-likeness (QED) is 0.0807. The highest BCUT2D eigenvalue weighted by atomic mass is 28.5. The molecule has 0 saturated carbocycles. The lowest BCUT2D eigenvalue weighted by Gasteiger charge is -2.44. The topological polar surface area (TPSA) is 108 Å². The minimum Gasteiger partial charge on any atom is -0.436 e. The van der Waals surface area contributed by atoms with Crippen molar-refractivity contribution in [2.24, 2.45) is 0 Å². The van der Waals surface area contributed by atoms with Crippen LogP contribution in [0.3, 0.4) is 0 Å². The van der Waals surface area contributed by atoms with Crippen molar-refractivity contribution in [3.8, 4) is 0 Å². The number of hydrogen-bond acceptors (Lipinski definition) is 10. The molecule has 0 unspecified atom stereocenters. The van der Waals surface area contributed by atoms with Gasteiger partial charge in [0, 0.05) is 12.8 Å². The summed E-state index contributed by atoms with van der Waals surface area (Å²) in [4.78, 5) is 21.8. The summed E-state index contributed by atoms with van der Waals surface area (Å²) in [7, 11) is -22.3. The second kappa shape index (κ2) is 15.9. The van der Waals surface area contributed by atoms with Gasteiger partial charge in [0.05, 0.1) is 0 Å². The largest absolute Gasteiger partial charge is 0.436 e. The van der Waals surface area contributed by atoms with E-state index >= 15 is 0 Å². The molecule has 0 N–H and O–H groups in total. The first-order valence-electron chi connectivity index (χ1n) is 15.3. The molecular weight excluding hydrogens is 701 g/mol. The first-order chi connectivity index (χ1) is 18.8. The predicted molar refractivity (Wildman–Crippen MR) is 197 cm³/mol. The second-order valence-electron chi connectivity index (χ2n) is 15.5. The Hall–Kier alpha value is 0.972. The highest BCUT2D eigenvalue weighted by Crippen LogP contribution is 2.30. The summed E-state index contributed by atoms with van der Waals surface area (Å²) in [6.07, 6.45) is 2.94. The van der Waals surface area contributed by atoms with Crippen LogP contribution in [-0.4, -0.2) is 89.1 Å². The molecule has 0 amide bonds. The lowest BCUT2D eigenvalue weighted by atomic mass is 10.6. The molecule has 0 aliphatic heterocycles. The Bertz CT molecular complexity index is 840. The third-order valence-corrected chi connectivity index (χ3v) is 40.7. The summed E-state index contributed by atoms with van der Waals surface area (Å²) in [6, 6.07) is 1.56. The summed E-state index contributed by atoms with van der Waals surface area (Å²) in [5.41, 5.74) is 0. The van der Waals surface area contributed by atoms with Crippen LogP contribution >= 0.6 is 0 Å². The SMILES string of the molecule is C[Si](C)(CCC=O)O[Si](C)(C)O[Si](C)(C)O[Si](C)(C)O[Si](C)(C)O[Si](C)(C)O[Si](C)(C)O[Si](C)(C)O[Si](C)(C)CCC=O. The van der Waals surface area contributed by atoms with E-state index in [0.717, 1.165) is 24.7 Å². The molecule has 0 rings (SSSR count). The van der Waals surface area contributed by atoms with Crippen LogP contribution in [0.1, 0.15) is 12.8 Å². The van der Waals surface area contributed by atoms with Gasteiger partial charge in [-0.2, -0.15) is 0 Å². The third-order valence-electron chi connectivity index (χ3n) is 5.72. The van der Waals surface area contributed by atoms with Gasteiger partial charge in [-0.25, -0.2) is 0 Å². The lowest BCUT2D eigenvalue weighted by molar-refractivity contribution is -0.108. The standard InChI is InChI=1S/C24H64O10Si9/c1-35(2,23-19-21-25)27-37(5,6)29-39(9,10)31-41(13,14)33-43(17,18)34-42(15,16)32-40(11,12)30-38(7,8)28-36(3,4)24-20-22-26/h21-22H,19-20,23-24H2,1-18H3. The Labute approximate surface area is 273 Å². The fraction of sp³-hybridized carbons (Fsp3) is 0.917. The van der Waals surface area contributed by atoms with Gasteiger partial charge in [-0.15, -0.1) is 0 Å². The van der Waals surface area contributed by atoms with E-state index in [1.165, 1.54) is 0 Å². The molecule has 0 saturated heterocycles. The third kappa shape index (κ3) is 20.7. The van der Waals surface area contributed by atoms with Crippen molar-refractivity contribution in [2.45, 2.75) is 143 Å². The van der Waals surface area contributed by atoms with E-state index in [2.05, 4.69) is 52.4 Å². The molecular formula is C24H64O10Si9. The molecule has 0 bridgehead atoms. The minimum atomic E-state index is -2.68. The lowest BCUT2D eigenvalue weighted by Crippen LogP contribution is -2.62. The Balaban J connectivity index is 5.42.